The van der Waals surface area contributed by atoms with Gasteiger partial charge >= 0.3 is 0 Å². The van der Waals surface area contributed by atoms with Crippen molar-refractivity contribution in [1.29, 1.82) is 0 Å². The highest BCUT2D eigenvalue weighted by Gasteiger charge is 2.06. The predicted octanol–water partition coefficient (Wildman–Crippen LogP) is 1.45. The third-order valence-electron chi connectivity index (χ3n) is 2.88. The summed E-state index contributed by atoms with van der Waals surface area (Å²) < 4.78 is 0. The molecule has 0 spiro atoms. The SMILES string of the molecule is CCC(C)NC(=NCC(=O)N(C)C)NCCC(C)C. The van der Waals surface area contributed by atoms with Crippen molar-refractivity contribution in [3.8, 4) is 0 Å². The highest BCUT2D eigenvalue weighted by molar-refractivity contribution is 5.84. The van der Waals surface area contributed by atoms with Crippen LogP contribution in [0.3, 0.4) is 0 Å². The lowest BCUT2D eigenvalue weighted by molar-refractivity contribution is -0.127. The highest BCUT2D eigenvalue weighted by atomic mass is 16.2. The Labute approximate surface area is 117 Å². The van der Waals surface area contributed by atoms with Crippen molar-refractivity contribution >= 4 is 11.9 Å². The van der Waals surface area contributed by atoms with Gasteiger partial charge in [-0.25, -0.2) is 4.99 Å². The van der Waals surface area contributed by atoms with Crippen LogP contribution in [-0.4, -0.2) is 50.0 Å². The van der Waals surface area contributed by atoms with E-state index in [9.17, 15) is 4.79 Å². The molecule has 1 atom stereocenters. The maximum Gasteiger partial charge on any atom is 0.243 e. The second-order valence-corrected chi connectivity index (χ2v) is 5.52. The van der Waals surface area contributed by atoms with Gasteiger partial charge in [-0.05, 0) is 25.7 Å². The fourth-order valence-corrected chi connectivity index (χ4v) is 1.26. The lowest BCUT2D eigenvalue weighted by Gasteiger charge is -2.18. The maximum atomic E-state index is 11.5. The van der Waals surface area contributed by atoms with Gasteiger partial charge in [-0.2, -0.15) is 0 Å². The molecule has 0 heterocycles. The molecular formula is C14H30N4O. The molecule has 2 N–H and O–H groups in total. The van der Waals surface area contributed by atoms with Crippen LogP contribution in [-0.2, 0) is 4.79 Å². The number of amides is 1. The Morgan fingerprint density at radius 1 is 1.26 bits per heavy atom. The Balaban J connectivity index is 4.39. The van der Waals surface area contributed by atoms with E-state index in [-0.39, 0.29) is 12.5 Å². The fourth-order valence-electron chi connectivity index (χ4n) is 1.26. The molecule has 0 aliphatic rings. The zero-order chi connectivity index (χ0) is 14.8. The monoisotopic (exact) mass is 270 g/mol. The lowest BCUT2D eigenvalue weighted by Crippen LogP contribution is -2.43. The average Bonchev–Trinajstić information content (AvgIpc) is 2.34. The molecule has 112 valence electrons. The second-order valence-electron chi connectivity index (χ2n) is 5.52. The highest BCUT2D eigenvalue weighted by Crippen LogP contribution is 1.96. The van der Waals surface area contributed by atoms with Crippen molar-refractivity contribution in [3.05, 3.63) is 0 Å². The summed E-state index contributed by atoms with van der Waals surface area (Å²) >= 11 is 0. The van der Waals surface area contributed by atoms with Crippen LogP contribution in [0.25, 0.3) is 0 Å². The van der Waals surface area contributed by atoms with E-state index in [1.54, 1.807) is 19.0 Å². The van der Waals surface area contributed by atoms with E-state index in [0.29, 0.717) is 12.0 Å². The van der Waals surface area contributed by atoms with Crippen LogP contribution in [0.15, 0.2) is 4.99 Å². The molecule has 0 radical (unpaired) electrons. The van der Waals surface area contributed by atoms with Crippen LogP contribution < -0.4 is 10.6 Å². The van der Waals surface area contributed by atoms with Crippen LogP contribution >= 0.6 is 0 Å². The number of hydrogen-bond acceptors (Lipinski definition) is 2. The molecule has 0 bridgehead atoms. The summed E-state index contributed by atoms with van der Waals surface area (Å²) in [6, 6.07) is 0.347. The minimum Gasteiger partial charge on any atom is -0.356 e. The van der Waals surface area contributed by atoms with Crippen LogP contribution in [0.5, 0.6) is 0 Å². The van der Waals surface area contributed by atoms with Crippen LogP contribution in [0.1, 0.15) is 40.5 Å². The molecule has 1 unspecified atom stereocenters. The van der Waals surface area contributed by atoms with Gasteiger partial charge in [0.1, 0.15) is 6.54 Å². The topological polar surface area (TPSA) is 56.7 Å². The zero-order valence-corrected chi connectivity index (χ0v) is 13.3. The Bertz CT molecular complexity index is 287. The minimum atomic E-state index is 0.00844. The van der Waals surface area contributed by atoms with Gasteiger partial charge < -0.3 is 15.5 Å². The van der Waals surface area contributed by atoms with Crippen molar-refractivity contribution in [3.63, 3.8) is 0 Å². The van der Waals surface area contributed by atoms with E-state index in [4.69, 9.17) is 0 Å². The molecule has 0 aliphatic heterocycles. The van der Waals surface area contributed by atoms with Crippen molar-refractivity contribution in [2.45, 2.75) is 46.6 Å². The number of likely N-dealkylation sites (N-methyl/N-ethyl adjacent to an activating group) is 1. The van der Waals surface area contributed by atoms with Crippen molar-refractivity contribution in [2.24, 2.45) is 10.9 Å². The van der Waals surface area contributed by atoms with Gasteiger partial charge in [0.25, 0.3) is 0 Å². The number of carbonyl (C=O) groups excluding carboxylic acids is 1. The summed E-state index contributed by atoms with van der Waals surface area (Å²) in [5.41, 5.74) is 0. The zero-order valence-electron chi connectivity index (χ0n) is 13.3. The molecule has 0 aliphatic carbocycles. The van der Waals surface area contributed by atoms with Crippen LogP contribution in [0.2, 0.25) is 0 Å². The van der Waals surface area contributed by atoms with E-state index >= 15 is 0 Å². The molecule has 0 aromatic carbocycles. The molecule has 19 heavy (non-hydrogen) atoms. The number of aliphatic imine (C=N–C) groups is 1. The summed E-state index contributed by atoms with van der Waals surface area (Å²) in [6.07, 6.45) is 2.11. The van der Waals surface area contributed by atoms with Gasteiger partial charge in [-0.15, -0.1) is 0 Å². The third-order valence-corrected chi connectivity index (χ3v) is 2.88. The third kappa shape index (κ3) is 9.33. The second kappa shape index (κ2) is 9.64. The largest absolute Gasteiger partial charge is 0.356 e. The molecule has 5 heteroatoms. The van der Waals surface area contributed by atoms with Crippen LogP contribution in [0, 0.1) is 5.92 Å². The van der Waals surface area contributed by atoms with Gasteiger partial charge in [-0.3, -0.25) is 4.79 Å². The number of nitrogens with zero attached hydrogens (tertiary/aromatic N) is 2. The molecule has 1 amide bonds. The smallest absolute Gasteiger partial charge is 0.243 e. The first-order valence-corrected chi connectivity index (χ1v) is 7.11. The van der Waals surface area contributed by atoms with E-state index in [2.05, 4.69) is 43.3 Å². The number of nitrogens with one attached hydrogen (secondary N) is 2. The van der Waals surface area contributed by atoms with E-state index in [1.807, 2.05) is 0 Å². The summed E-state index contributed by atoms with van der Waals surface area (Å²) in [7, 11) is 3.48. The number of guanidine groups is 1. The number of carbonyl (C=O) groups is 1. The molecule has 0 saturated heterocycles. The average molecular weight is 270 g/mol. The van der Waals surface area contributed by atoms with E-state index in [1.165, 1.54) is 0 Å². The number of hydrogen-bond donors (Lipinski definition) is 2. The molecular weight excluding hydrogens is 240 g/mol. The van der Waals surface area contributed by atoms with Crippen molar-refractivity contribution in [1.82, 2.24) is 15.5 Å². The Kier molecular flexibility index (Phi) is 9.00. The molecule has 0 aromatic rings. The van der Waals surface area contributed by atoms with Crippen molar-refractivity contribution in [2.75, 3.05) is 27.2 Å². The summed E-state index contributed by atoms with van der Waals surface area (Å²) in [5, 5.41) is 6.58. The summed E-state index contributed by atoms with van der Waals surface area (Å²) in [5.74, 6) is 1.39. The minimum absolute atomic E-state index is 0.00844. The maximum absolute atomic E-state index is 11.5. The Hall–Kier alpha value is -1.26. The fraction of sp³-hybridized carbons (Fsp3) is 0.857. The predicted molar refractivity (Wildman–Crippen MR) is 81.3 cm³/mol. The lowest BCUT2D eigenvalue weighted by atomic mass is 10.1. The van der Waals surface area contributed by atoms with Gasteiger partial charge in [-0.1, -0.05) is 20.8 Å². The van der Waals surface area contributed by atoms with Gasteiger partial charge in [0.15, 0.2) is 5.96 Å². The molecule has 0 aromatic heterocycles. The number of rotatable bonds is 7. The first kappa shape index (κ1) is 17.7. The van der Waals surface area contributed by atoms with Gasteiger partial charge in [0, 0.05) is 26.7 Å². The van der Waals surface area contributed by atoms with Crippen LogP contribution in [0.4, 0.5) is 0 Å². The van der Waals surface area contributed by atoms with Crippen molar-refractivity contribution < 1.29 is 4.79 Å². The standard InChI is InChI=1S/C14H30N4O/c1-7-12(4)17-14(15-9-8-11(2)3)16-10-13(19)18(5)6/h11-12H,7-10H2,1-6H3,(H2,15,16,17). The molecule has 0 rings (SSSR count). The summed E-state index contributed by atoms with van der Waals surface area (Å²) in [4.78, 5) is 17.4. The van der Waals surface area contributed by atoms with Gasteiger partial charge in [0.2, 0.25) is 5.91 Å². The van der Waals surface area contributed by atoms with Gasteiger partial charge in [0.05, 0.1) is 0 Å². The summed E-state index contributed by atoms with van der Waals surface area (Å²) in [6.45, 7) is 9.66. The first-order chi connectivity index (χ1) is 8.86. The quantitative estimate of drug-likeness (QED) is 0.544. The van der Waals surface area contributed by atoms with E-state index < -0.39 is 0 Å². The molecule has 5 nitrogen and oxygen atoms in total. The Morgan fingerprint density at radius 3 is 2.37 bits per heavy atom. The van der Waals surface area contributed by atoms with E-state index in [0.717, 1.165) is 25.3 Å². The Morgan fingerprint density at radius 2 is 1.89 bits per heavy atom. The first-order valence-electron chi connectivity index (χ1n) is 7.11. The normalized spacial score (nSPS) is 13.3. The molecule has 0 saturated carbocycles. The molecule has 0 fully saturated rings.